The lowest BCUT2D eigenvalue weighted by molar-refractivity contribution is -0.153. The Morgan fingerprint density at radius 2 is 2.10 bits per heavy atom. The van der Waals surface area contributed by atoms with E-state index < -0.39 is 22.3 Å². The number of hydrogen-bond donors (Lipinski definition) is 3. The zero-order valence-corrected chi connectivity index (χ0v) is 19.2. The van der Waals surface area contributed by atoms with Crippen molar-refractivity contribution < 1.29 is 34.0 Å². The van der Waals surface area contributed by atoms with Gasteiger partial charge in [0.05, 0.1) is 25.0 Å². The first-order chi connectivity index (χ1) is 14.7. The van der Waals surface area contributed by atoms with Crippen LogP contribution in [0.5, 0.6) is 0 Å². The number of methoxy groups -OCH3 is 1. The fraction of sp³-hybridized carbons (Fsp3) is 0.818. The molecule has 3 N–H and O–H groups in total. The number of carboxylic acid groups (broad SMARTS) is 1. The molecule has 2 aliphatic heterocycles. The van der Waals surface area contributed by atoms with E-state index >= 15 is 0 Å². The van der Waals surface area contributed by atoms with Crippen LogP contribution in [0.25, 0.3) is 0 Å². The van der Waals surface area contributed by atoms with Crippen molar-refractivity contribution in [3.8, 4) is 0 Å². The summed E-state index contributed by atoms with van der Waals surface area (Å²) >= 11 is 1.25. The minimum absolute atomic E-state index is 0.0114. The highest BCUT2D eigenvalue weighted by atomic mass is 32.2. The molecule has 6 unspecified atom stereocenters. The van der Waals surface area contributed by atoms with Gasteiger partial charge in [0.15, 0.2) is 5.44 Å². The average molecular weight is 456 g/mol. The highest BCUT2D eigenvalue weighted by Gasteiger charge is 2.66. The molecular weight excluding hydrogens is 422 g/mol. The second-order valence-electron chi connectivity index (χ2n) is 9.43. The van der Waals surface area contributed by atoms with Crippen molar-refractivity contribution in [2.24, 2.45) is 17.3 Å². The number of hydrogen-bond acceptors (Lipinski definition) is 8. The van der Waals surface area contributed by atoms with Gasteiger partial charge in [-0.2, -0.15) is 0 Å². The number of rotatable bonds is 5. The third-order valence-electron chi connectivity index (χ3n) is 7.70. The molecule has 8 atom stereocenters. The van der Waals surface area contributed by atoms with Gasteiger partial charge in [-0.25, -0.2) is 0 Å². The van der Waals surface area contributed by atoms with Crippen LogP contribution in [0.1, 0.15) is 52.4 Å². The molecule has 2 aliphatic carbocycles. The molecule has 2 bridgehead atoms. The van der Waals surface area contributed by atoms with Gasteiger partial charge >= 0.3 is 11.9 Å². The second-order valence-corrected chi connectivity index (χ2v) is 10.8. The van der Waals surface area contributed by atoms with E-state index in [-0.39, 0.29) is 36.5 Å². The maximum atomic E-state index is 12.2. The van der Waals surface area contributed by atoms with Crippen LogP contribution in [-0.2, 0) is 23.8 Å². The van der Waals surface area contributed by atoms with Crippen molar-refractivity contribution in [3.63, 3.8) is 0 Å². The fourth-order valence-electron chi connectivity index (χ4n) is 5.60. The molecule has 0 radical (unpaired) electrons. The van der Waals surface area contributed by atoms with Gasteiger partial charge in [-0.3, -0.25) is 9.59 Å². The molecule has 1 saturated heterocycles. The Hall–Kier alpha value is -1.13. The van der Waals surface area contributed by atoms with Crippen LogP contribution >= 0.6 is 11.8 Å². The number of carbonyl (C=O) groups is 2. The van der Waals surface area contributed by atoms with Crippen molar-refractivity contribution in [3.05, 3.63) is 11.8 Å². The minimum Gasteiger partial charge on any atom is -0.481 e. The second kappa shape index (κ2) is 8.67. The normalized spacial score (nSPS) is 44.3. The van der Waals surface area contributed by atoms with Gasteiger partial charge in [-0.15, -0.1) is 0 Å². The summed E-state index contributed by atoms with van der Waals surface area (Å²) in [7, 11) is 1.71. The molecule has 4 rings (SSSR count). The third kappa shape index (κ3) is 4.27. The van der Waals surface area contributed by atoms with Gasteiger partial charge in [-0.05, 0) is 50.6 Å². The first kappa shape index (κ1) is 23.0. The van der Waals surface area contributed by atoms with E-state index in [0.717, 1.165) is 25.8 Å². The van der Waals surface area contributed by atoms with E-state index in [9.17, 15) is 14.7 Å². The van der Waals surface area contributed by atoms with E-state index in [1.165, 1.54) is 11.8 Å². The van der Waals surface area contributed by atoms with Crippen molar-refractivity contribution in [2.75, 3.05) is 13.7 Å². The van der Waals surface area contributed by atoms with Crippen LogP contribution in [0, 0.1) is 17.3 Å². The number of carbonyl (C=O) groups excluding carboxylic acids is 1. The molecule has 0 amide bonds. The zero-order valence-electron chi connectivity index (χ0n) is 18.3. The maximum Gasteiger partial charge on any atom is 0.311 e. The Kier molecular flexibility index (Phi) is 6.44. The number of aliphatic hydroxyl groups is 1. The van der Waals surface area contributed by atoms with Crippen molar-refractivity contribution in [2.45, 2.75) is 81.0 Å². The van der Waals surface area contributed by atoms with Gasteiger partial charge in [0, 0.05) is 25.0 Å². The van der Waals surface area contributed by atoms with E-state index in [1.807, 2.05) is 6.92 Å². The first-order valence-corrected chi connectivity index (χ1v) is 12.0. The van der Waals surface area contributed by atoms with Crippen LogP contribution < -0.4 is 5.32 Å². The summed E-state index contributed by atoms with van der Waals surface area (Å²) in [6.07, 6.45) is 4.33. The topological polar surface area (TPSA) is 114 Å². The molecule has 2 saturated carbocycles. The van der Waals surface area contributed by atoms with Crippen molar-refractivity contribution in [1.82, 2.24) is 5.32 Å². The number of ether oxygens (including phenoxy) is 3. The Labute approximate surface area is 187 Å². The lowest BCUT2D eigenvalue weighted by atomic mass is 9.72. The molecule has 0 aromatic heterocycles. The van der Waals surface area contributed by atoms with Crippen molar-refractivity contribution >= 4 is 23.7 Å². The van der Waals surface area contributed by atoms with E-state index in [4.69, 9.17) is 19.3 Å². The smallest absolute Gasteiger partial charge is 0.311 e. The Bertz CT molecular complexity index is 760. The van der Waals surface area contributed by atoms with Gasteiger partial charge in [0.25, 0.3) is 0 Å². The van der Waals surface area contributed by atoms with Crippen molar-refractivity contribution in [1.29, 1.82) is 0 Å². The van der Waals surface area contributed by atoms with Crippen LogP contribution in [0.4, 0.5) is 0 Å². The monoisotopic (exact) mass is 455 g/mol. The summed E-state index contributed by atoms with van der Waals surface area (Å²) in [5.41, 5.74) is -0.654. The maximum absolute atomic E-state index is 12.2. The Morgan fingerprint density at radius 3 is 2.81 bits per heavy atom. The lowest BCUT2D eigenvalue weighted by Crippen LogP contribution is -2.55. The quantitative estimate of drug-likeness (QED) is 0.537. The highest BCUT2D eigenvalue weighted by Crippen LogP contribution is 2.66. The lowest BCUT2D eigenvalue weighted by Gasteiger charge is -2.47. The third-order valence-corrected chi connectivity index (χ3v) is 9.19. The largest absolute Gasteiger partial charge is 0.481 e. The number of esters is 1. The van der Waals surface area contributed by atoms with Crippen LogP contribution in [-0.4, -0.2) is 64.4 Å². The molecule has 9 heteroatoms. The van der Waals surface area contributed by atoms with Crippen LogP contribution in [0.15, 0.2) is 11.8 Å². The zero-order chi connectivity index (χ0) is 22.4. The SMILES string of the molecule is COC1CCC(C)C23CC2CN[C@H](C)[C@]2(O)CC=C(OC(=O)CCC(=O)O)C(OC13)S2. The number of fused-ring (bicyclic) bond motifs is 2. The van der Waals surface area contributed by atoms with Gasteiger partial charge in [-0.1, -0.05) is 18.7 Å². The summed E-state index contributed by atoms with van der Waals surface area (Å²) in [5, 5.41) is 23.7. The number of thioether (sulfide) groups is 1. The first-order valence-electron chi connectivity index (χ1n) is 11.1. The van der Waals surface area contributed by atoms with Crippen LogP contribution in [0.2, 0.25) is 0 Å². The summed E-state index contributed by atoms with van der Waals surface area (Å²) in [6, 6.07) is -0.171. The molecule has 8 nitrogen and oxygen atoms in total. The summed E-state index contributed by atoms with van der Waals surface area (Å²) in [6.45, 7) is 5.08. The molecule has 4 aliphatic rings. The summed E-state index contributed by atoms with van der Waals surface area (Å²) < 4.78 is 18.0. The minimum atomic E-state index is -1.10. The predicted molar refractivity (Wildman–Crippen MR) is 114 cm³/mol. The number of aliphatic carboxylic acids is 1. The van der Waals surface area contributed by atoms with Gasteiger partial charge in [0.1, 0.15) is 10.7 Å². The molecule has 0 aromatic carbocycles. The molecule has 174 valence electrons. The van der Waals surface area contributed by atoms with E-state index in [2.05, 4.69) is 12.2 Å². The number of nitrogens with one attached hydrogen (secondary N) is 1. The molecule has 3 fully saturated rings. The average Bonchev–Trinajstić information content (AvgIpc) is 3.45. The van der Waals surface area contributed by atoms with Gasteiger partial charge in [0.2, 0.25) is 0 Å². The summed E-state index contributed by atoms with van der Waals surface area (Å²) in [5.74, 6) is -0.368. The van der Waals surface area contributed by atoms with Gasteiger partial charge < -0.3 is 29.7 Å². The molecule has 31 heavy (non-hydrogen) atoms. The Morgan fingerprint density at radius 1 is 1.32 bits per heavy atom. The number of carboxylic acids is 1. The van der Waals surface area contributed by atoms with Crippen LogP contribution in [0.3, 0.4) is 0 Å². The standard InChI is InChI=1S/C22H33NO7S/c1-12-4-5-15(28-3)19-21(12)10-14(21)11-23-13(2)22(27)9-8-16(20(30-19)31-22)29-18(26)7-6-17(24)25/h8,12-15,19-20,23,27H,4-7,9-11H2,1-3H3,(H,24,25)/t12?,13-,14?,15?,19?,20?,21?,22+/m1/s1. The molecular formula is C22H33NO7S. The highest BCUT2D eigenvalue weighted by molar-refractivity contribution is 8.01. The summed E-state index contributed by atoms with van der Waals surface area (Å²) in [4.78, 5) is 21.9. The predicted octanol–water partition coefficient (Wildman–Crippen LogP) is 2.26. The Balaban J connectivity index is 1.61. The molecule has 2 heterocycles. The molecule has 0 aromatic rings. The molecule has 1 spiro atoms. The fourth-order valence-corrected chi connectivity index (χ4v) is 6.87. The van der Waals surface area contributed by atoms with E-state index in [1.54, 1.807) is 13.2 Å². The van der Waals surface area contributed by atoms with E-state index in [0.29, 0.717) is 24.0 Å².